The molecule has 20 heteroatoms. The molecule has 274 valence electrons. The van der Waals surface area contributed by atoms with Gasteiger partial charge in [0.05, 0.1) is 40.7 Å². The number of aliphatic imine (C=N–C) groups is 1. The highest BCUT2D eigenvalue weighted by Gasteiger charge is 2.40. The summed E-state index contributed by atoms with van der Waals surface area (Å²) in [4.78, 5) is 26.1. The van der Waals surface area contributed by atoms with Crippen LogP contribution in [0.25, 0.3) is 11.5 Å². The van der Waals surface area contributed by atoms with Gasteiger partial charge in [-0.3, -0.25) is 14.6 Å². The number of aromatic amines is 1. The average Bonchev–Trinajstić information content (AvgIpc) is 3.73. The summed E-state index contributed by atoms with van der Waals surface area (Å²) in [7, 11) is -0.290. The SMILES string of the molecule is COc1ccc(OC)c(S(=O)(=O)NC2=C(Oc3ccccc3OC)C=NC(OCCN(C(=O)O)c3ccccn3)(c3ccnc(-c4nnn[nH]4)c3)N2)c1. The Morgan fingerprint density at radius 2 is 1.72 bits per heavy atom. The normalized spacial score (nSPS) is 15.3. The Kier molecular flexibility index (Phi) is 10.6. The van der Waals surface area contributed by atoms with Gasteiger partial charge in [0, 0.05) is 24.0 Å². The van der Waals surface area contributed by atoms with Crippen molar-refractivity contribution in [2.75, 3.05) is 39.4 Å². The first-order valence-corrected chi connectivity index (χ1v) is 17.0. The lowest BCUT2D eigenvalue weighted by molar-refractivity contribution is -0.0626. The molecular weight excluding hydrogens is 712 g/mol. The van der Waals surface area contributed by atoms with Crippen LogP contribution in [-0.4, -0.2) is 90.9 Å². The molecule has 0 spiro atoms. The second-order valence-electron chi connectivity index (χ2n) is 10.8. The smallest absolute Gasteiger partial charge is 0.413 e. The third-order valence-corrected chi connectivity index (χ3v) is 8.98. The van der Waals surface area contributed by atoms with Crippen molar-refractivity contribution >= 4 is 28.1 Å². The molecule has 4 N–H and O–H groups in total. The first-order chi connectivity index (χ1) is 25.7. The molecule has 1 aliphatic heterocycles. The largest absolute Gasteiger partial charge is 0.497 e. The van der Waals surface area contributed by atoms with Crippen LogP contribution in [0.3, 0.4) is 0 Å². The van der Waals surface area contributed by atoms with E-state index in [0.717, 1.165) is 4.90 Å². The summed E-state index contributed by atoms with van der Waals surface area (Å²) in [6.07, 6.45) is 2.88. The summed E-state index contributed by atoms with van der Waals surface area (Å²) >= 11 is 0. The van der Waals surface area contributed by atoms with Gasteiger partial charge >= 0.3 is 6.09 Å². The highest BCUT2D eigenvalue weighted by Crippen LogP contribution is 2.35. The summed E-state index contributed by atoms with van der Waals surface area (Å²) in [5.41, 5.74) is 0.582. The number of methoxy groups -OCH3 is 3. The molecule has 6 rings (SSSR count). The van der Waals surface area contributed by atoms with Crippen LogP contribution in [0.1, 0.15) is 5.56 Å². The molecule has 53 heavy (non-hydrogen) atoms. The van der Waals surface area contributed by atoms with E-state index in [-0.39, 0.29) is 64.2 Å². The second-order valence-corrected chi connectivity index (χ2v) is 12.4. The Bertz CT molecular complexity index is 2240. The predicted molar refractivity (Wildman–Crippen MR) is 187 cm³/mol. The average molecular weight is 745 g/mol. The summed E-state index contributed by atoms with van der Waals surface area (Å²) in [5, 5.41) is 26.8. The molecule has 1 atom stereocenters. The number of nitrogens with zero attached hydrogens (tertiary/aromatic N) is 7. The van der Waals surface area contributed by atoms with Crippen molar-refractivity contribution in [3.8, 4) is 34.5 Å². The first-order valence-electron chi connectivity index (χ1n) is 15.6. The van der Waals surface area contributed by atoms with E-state index in [1.54, 1.807) is 54.6 Å². The lowest BCUT2D eigenvalue weighted by Crippen LogP contribution is -2.51. The van der Waals surface area contributed by atoms with Gasteiger partial charge in [-0.15, -0.1) is 5.10 Å². The van der Waals surface area contributed by atoms with E-state index in [0.29, 0.717) is 11.3 Å². The maximum atomic E-state index is 14.2. The zero-order valence-electron chi connectivity index (χ0n) is 28.3. The lowest BCUT2D eigenvalue weighted by atomic mass is 10.1. The van der Waals surface area contributed by atoms with Gasteiger partial charge in [0.2, 0.25) is 0 Å². The minimum atomic E-state index is -4.48. The zero-order valence-corrected chi connectivity index (χ0v) is 29.1. The molecule has 0 saturated heterocycles. The fraction of sp³-hybridized carbons (Fsp3) is 0.182. The number of anilines is 1. The lowest BCUT2D eigenvalue weighted by Gasteiger charge is -2.36. The Labute approximate surface area is 302 Å². The van der Waals surface area contributed by atoms with E-state index in [9.17, 15) is 18.3 Å². The fourth-order valence-electron chi connectivity index (χ4n) is 5.08. The predicted octanol–water partition coefficient (Wildman–Crippen LogP) is 2.89. The Morgan fingerprint density at radius 3 is 2.42 bits per heavy atom. The molecule has 19 nitrogen and oxygen atoms in total. The van der Waals surface area contributed by atoms with Crippen LogP contribution in [-0.2, 0) is 20.6 Å². The van der Waals surface area contributed by atoms with Crippen LogP contribution >= 0.6 is 0 Å². The second kappa shape index (κ2) is 15.6. The van der Waals surface area contributed by atoms with E-state index in [2.05, 4.69) is 45.6 Å². The van der Waals surface area contributed by atoms with Crippen LogP contribution in [0.4, 0.5) is 10.6 Å². The van der Waals surface area contributed by atoms with Crippen molar-refractivity contribution in [1.82, 2.24) is 40.6 Å². The monoisotopic (exact) mass is 744 g/mol. The molecule has 1 unspecified atom stereocenters. The molecule has 0 fully saturated rings. The van der Waals surface area contributed by atoms with Crippen LogP contribution in [0.2, 0.25) is 0 Å². The molecule has 1 amide bonds. The van der Waals surface area contributed by atoms with Gasteiger partial charge in [-0.2, -0.15) is 0 Å². The maximum absolute atomic E-state index is 14.2. The topological polar surface area (TPSA) is 237 Å². The Balaban J connectivity index is 1.44. The van der Waals surface area contributed by atoms with Gasteiger partial charge in [0.25, 0.3) is 15.9 Å². The molecule has 0 aliphatic carbocycles. The number of ether oxygens (including phenoxy) is 5. The van der Waals surface area contributed by atoms with Crippen molar-refractivity contribution in [3.05, 3.63) is 102 Å². The van der Waals surface area contributed by atoms with Crippen molar-refractivity contribution in [2.45, 2.75) is 10.7 Å². The van der Waals surface area contributed by atoms with Crippen LogP contribution < -0.4 is 33.9 Å². The molecule has 1 aliphatic rings. The van der Waals surface area contributed by atoms with Gasteiger partial charge in [0.15, 0.2) is 28.9 Å². The molecule has 0 radical (unpaired) electrons. The number of rotatable bonds is 15. The van der Waals surface area contributed by atoms with Crippen molar-refractivity contribution in [2.24, 2.45) is 4.99 Å². The summed E-state index contributed by atoms with van der Waals surface area (Å²) in [6.45, 7) is -0.479. The summed E-state index contributed by atoms with van der Waals surface area (Å²) in [6, 6.07) is 19.0. The number of pyridine rings is 2. The molecule has 3 aromatic heterocycles. The standard InChI is InChI=1S/C33H32N10O9S/c1-48-22-11-12-26(50-3)28(19-22)53(46,47)40-31-27(52-25-9-5-4-8-24(25)49-2)20-36-33(37-31,21-13-15-34-23(18-21)30-38-41-42-39-30)51-17-16-43(32(44)45)29-10-6-7-14-35-29/h4-15,18-20,37,40H,16-17H2,1-3H3,(H,44,45)(H,38,39,41,42). The number of sulfonamides is 1. The van der Waals surface area contributed by atoms with Crippen molar-refractivity contribution in [1.29, 1.82) is 0 Å². The van der Waals surface area contributed by atoms with E-state index in [1.165, 1.54) is 58.1 Å². The number of hydrogen-bond donors (Lipinski definition) is 4. The summed E-state index contributed by atoms with van der Waals surface area (Å²) < 4.78 is 59.5. The molecule has 4 heterocycles. The zero-order chi connectivity index (χ0) is 37.4. The van der Waals surface area contributed by atoms with E-state index >= 15 is 0 Å². The number of allylic oxidation sites excluding steroid dienone is 1. The Hall–Kier alpha value is -6.80. The fourth-order valence-corrected chi connectivity index (χ4v) is 6.30. The van der Waals surface area contributed by atoms with E-state index < -0.39 is 22.0 Å². The highest BCUT2D eigenvalue weighted by molar-refractivity contribution is 7.89. The number of carbonyl (C=O) groups is 1. The number of nitrogens with one attached hydrogen (secondary N) is 3. The number of H-pyrrole nitrogens is 1. The molecule has 2 aromatic carbocycles. The van der Waals surface area contributed by atoms with Gasteiger partial charge in [-0.1, -0.05) is 18.2 Å². The van der Waals surface area contributed by atoms with Crippen molar-refractivity contribution in [3.63, 3.8) is 0 Å². The number of hydrogen-bond acceptors (Lipinski definition) is 15. The van der Waals surface area contributed by atoms with Gasteiger partial charge in [0.1, 0.15) is 27.9 Å². The number of carboxylic acid groups (broad SMARTS) is 1. The number of tetrazole rings is 1. The third-order valence-electron chi connectivity index (χ3n) is 7.61. The highest BCUT2D eigenvalue weighted by atomic mass is 32.2. The van der Waals surface area contributed by atoms with E-state index in [1.807, 2.05) is 0 Å². The van der Waals surface area contributed by atoms with Crippen molar-refractivity contribution < 1.29 is 42.0 Å². The van der Waals surface area contributed by atoms with Gasteiger partial charge in [-0.25, -0.2) is 28.3 Å². The third kappa shape index (κ3) is 7.92. The first kappa shape index (κ1) is 36.0. The van der Waals surface area contributed by atoms with Gasteiger partial charge < -0.3 is 34.1 Å². The van der Waals surface area contributed by atoms with Crippen LogP contribution in [0, 0.1) is 0 Å². The number of amides is 1. The summed E-state index contributed by atoms with van der Waals surface area (Å²) in [5.74, 6) is -0.998. The van der Waals surface area contributed by atoms with Crippen LogP contribution in [0.5, 0.6) is 23.0 Å². The minimum absolute atomic E-state index is 0.0285. The molecule has 0 bridgehead atoms. The maximum Gasteiger partial charge on any atom is 0.413 e. The van der Waals surface area contributed by atoms with E-state index in [4.69, 9.17) is 23.7 Å². The quantitative estimate of drug-likeness (QED) is 0.121. The number of aromatic nitrogens is 6. The molecule has 0 saturated carbocycles. The van der Waals surface area contributed by atoms with Crippen LogP contribution in [0.15, 0.2) is 107 Å². The molecular formula is C33H32N10O9S. The number of benzene rings is 2. The molecule has 5 aromatic rings. The van der Waals surface area contributed by atoms with Gasteiger partial charge in [-0.05, 0) is 59.0 Å². The number of para-hydroxylation sites is 2. The minimum Gasteiger partial charge on any atom is -0.497 e. The Morgan fingerprint density at radius 1 is 0.925 bits per heavy atom.